The Morgan fingerprint density at radius 3 is 2.03 bits per heavy atom. The van der Waals surface area contributed by atoms with Crippen LogP contribution in [-0.4, -0.2) is 42.9 Å². The zero-order valence-electron chi connectivity index (χ0n) is 19.6. The molecule has 1 heterocycles. The van der Waals surface area contributed by atoms with Gasteiger partial charge in [0.2, 0.25) is 5.91 Å². The lowest BCUT2D eigenvalue weighted by atomic mass is 9.64. The first-order valence-corrected chi connectivity index (χ1v) is 12.3. The molecule has 3 aromatic carbocycles. The number of amides is 1. The minimum Gasteiger partial charge on any atom is -0.369 e. The number of hydrogen-bond acceptors (Lipinski definition) is 2. The van der Waals surface area contributed by atoms with E-state index in [0.717, 1.165) is 48.1 Å². The summed E-state index contributed by atoms with van der Waals surface area (Å²) in [6.07, 6.45) is 2.19. The van der Waals surface area contributed by atoms with E-state index in [-0.39, 0.29) is 17.6 Å². The second kappa shape index (κ2) is 10.1. The van der Waals surface area contributed by atoms with Crippen molar-refractivity contribution in [3.63, 3.8) is 0 Å². The van der Waals surface area contributed by atoms with Gasteiger partial charge in [-0.3, -0.25) is 9.59 Å². The number of nitrogens with zero attached hydrogens (tertiary/aromatic N) is 1. The maximum Gasteiger partial charge on any atom is 0.233 e. The van der Waals surface area contributed by atoms with E-state index in [4.69, 9.17) is 17.3 Å². The largest absolute Gasteiger partial charge is 0.369 e. The van der Waals surface area contributed by atoms with E-state index in [9.17, 15) is 9.59 Å². The number of quaternary nitrogens is 1. The highest BCUT2D eigenvalue weighted by Gasteiger charge is 2.53. The molecule has 0 radical (unpaired) electrons. The number of carbonyl (C=O) groups excluding carboxylic acids is 2. The molecule has 2 atom stereocenters. The van der Waals surface area contributed by atoms with Crippen LogP contribution in [0.5, 0.6) is 0 Å². The lowest BCUT2D eigenvalue weighted by Crippen LogP contribution is -2.51. The summed E-state index contributed by atoms with van der Waals surface area (Å²) in [4.78, 5) is 25.9. The van der Waals surface area contributed by atoms with Crippen LogP contribution in [0.2, 0.25) is 5.02 Å². The molecule has 1 fully saturated rings. The van der Waals surface area contributed by atoms with Crippen molar-refractivity contribution >= 4 is 23.3 Å². The molecule has 176 valence electrons. The predicted molar refractivity (Wildman–Crippen MR) is 137 cm³/mol. The smallest absolute Gasteiger partial charge is 0.233 e. The highest BCUT2D eigenvalue weighted by molar-refractivity contribution is 6.30. The quantitative estimate of drug-likeness (QED) is 0.340. The number of carbonyl (C=O) groups is 2. The molecule has 1 aliphatic heterocycles. The van der Waals surface area contributed by atoms with Gasteiger partial charge in [-0.15, -0.1) is 0 Å². The number of Topliss-reactive ketones (excluding diaryl/α,β-unsaturated/α-hetero) is 1. The molecule has 0 aliphatic carbocycles. The Bertz CT molecular complexity index is 1090. The van der Waals surface area contributed by atoms with Crippen molar-refractivity contribution < 1.29 is 14.1 Å². The fourth-order valence-electron chi connectivity index (χ4n) is 5.67. The van der Waals surface area contributed by atoms with Gasteiger partial charge in [-0.25, -0.2) is 0 Å². The van der Waals surface area contributed by atoms with Crippen LogP contribution in [0.3, 0.4) is 0 Å². The van der Waals surface area contributed by atoms with Crippen LogP contribution in [0.1, 0.15) is 40.7 Å². The molecule has 4 rings (SSSR count). The number of nitrogens with two attached hydrogens (primary N) is 1. The number of rotatable bonds is 9. The number of primary amides is 1. The van der Waals surface area contributed by atoms with Crippen LogP contribution >= 0.6 is 11.6 Å². The van der Waals surface area contributed by atoms with Crippen molar-refractivity contribution in [2.24, 2.45) is 11.7 Å². The molecular weight excluding hydrogens is 444 g/mol. The Kier molecular flexibility index (Phi) is 7.20. The van der Waals surface area contributed by atoms with Gasteiger partial charge in [-0.2, -0.15) is 0 Å². The van der Waals surface area contributed by atoms with Crippen molar-refractivity contribution in [2.45, 2.75) is 24.7 Å². The second-order valence-corrected chi connectivity index (χ2v) is 10.1. The average molecular weight is 476 g/mol. The van der Waals surface area contributed by atoms with Crippen molar-refractivity contribution in [2.75, 3.05) is 26.7 Å². The lowest BCUT2D eigenvalue weighted by Gasteiger charge is -2.38. The SMILES string of the molecule is C[N+]1(CCCC(=O)c2ccc(Cl)cc2)CC[C@@H](C(C(N)=O)(c2ccccc2)c2ccccc2)C1. The highest BCUT2D eigenvalue weighted by atomic mass is 35.5. The van der Waals surface area contributed by atoms with Gasteiger partial charge in [-0.1, -0.05) is 72.3 Å². The maximum absolute atomic E-state index is 13.3. The van der Waals surface area contributed by atoms with E-state index >= 15 is 0 Å². The number of hydrogen-bond donors (Lipinski definition) is 1. The molecule has 0 bridgehead atoms. The molecule has 3 aromatic rings. The van der Waals surface area contributed by atoms with Crippen molar-refractivity contribution in [1.82, 2.24) is 0 Å². The number of halogens is 1. The highest BCUT2D eigenvalue weighted by Crippen LogP contribution is 2.45. The second-order valence-electron chi connectivity index (χ2n) is 9.67. The van der Waals surface area contributed by atoms with Gasteiger partial charge in [0.25, 0.3) is 0 Å². The Hall–Kier alpha value is -2.95. The molecule has 2 N–H and O–H groups in total. The van der Waals surface area contributed by atoms with E-state index in [1.54, 1.807) is 24.3 Å². The summed E-state index contributed by atoms with van der Waals surface area (Å²) in [6, 6.07) is 27.0. The van der Waals surface area contributed by atoms with Crippen molar-refractivity contribution in [1.29, 1.82) is 0 Å². The number of benzene rings is 3. The summed E-state index contributed by atoms with van der Waals surface area (Å²) < 4.78 is 0.827. The molecule has 5 heteroatoms. The minimum atomic E-state index is -0.877. The zero-order chi connectivity index (χ0) is 24.2. The summed E-state index contributed by atoms with van der Waals surface area (Å²) in [7, 11) is 2.23. The van der Waals surface area contributed by atoms with Gasteiger partial charge in [-0.05, 0) is 35.4 Å². The molecule has 1 amide bonds. The van der Waals surface area contributed by atoms with E-state index in [2.05, 4.69) is 7.05 Å². The average Bonchev–Trinajstić information content (AvgIpc) is 3.23. The van der Waals surface area contributed by atoms with Crippen molar-refractivity contribution in [3.8, 4) is 0 Å². The molecule has 1 saturated heterocycles. The normalized spacial score (nSPS) is 20.2. The summed E-state index contributed by atoms with van der Waals surface area (Å²) >= 11 is 5.94. The van der Waals surface area contributed by atoms with Crippen LogP contribution in [0.15, 0.2) is 84.9 Å². The van der Waals surface area contributed by atoms with Crippen LogP contribution in [0, 0.1) is 5.92 Å². The summed E-state index contributed by atoms with van der Waals surface area (Å²) in [5.74, 6) is -0.0906. The first-order valence-electron chi connectivity index (χ1n) is 11.9. The van der Waals surface area contributed by atoms with Gasteiger partial charge < -0.3 is 10.2 Å². The van der Waals surface area contributed by atoms with E-state index < -0.39 is 5.41 Å². The number of ketones is 1. The Morgan fingerprint density at radius 2 is 1.50 bits per heavy atom. The Balaban J connectivity index is 1.53. The predicted octanol–water partition coefficient (Wildman–Crippen LogP) is 5.24. The molecule has 0 saturated carbocycles. The third-order valence-corrected chi connectivity index (χ3v) is 7.66. The zero-order valence-corrected chi connectivity index (χ0v) is 20.4. The molecule has 0 spiro atoms. The van der Waals surface area contributed by atoms with Gasteiger partial charge >= 0.3 is 0 Å². The summed E-state index contributed by atoms with van der Waals surface area (Å²) in [5, 5.41) is 0.632. The van der Waals surface area contributed by atoms with Crippen LogP contribution in [0.25, 0.3) is 0 Å². The van der Waals surface area contributed by atoms with Gasteiger partial charge in [0.05, 0.1) is 26.7 Å². The van der Waals surface area contributed by atoms with Gasteiger partial charge in [0, 0.05) is 35.8 Å². The monoisotopic (exact) mass is 475 g/mol. The molecule has 1 aliphatic rings. The summed E-state index contributed by atoms with van der Waals surface area (Å²) in [6.45, 7) is 2.67. The Labute approximate surface area is 206 Å². The van der Waals surface area contributed by atoms with Crippen molar-refractivity contribution in [3.05, 3.63) is 107 Å². The first-order chi connectivity index (χ1) is 16.3. The summed E-state index contributed by atoms with van der Waals surface area (Å²) in [5.41, 5.74) is 7.94. The lowest BCUT2D eigenvalue weighted by molar-refractivity contribution is -0.899. The van der Waals surface area contributed by atoms with Gasteiger partial charge in [0.1, 0.15) is 5.41 Å². The van der Waals surface area contributed by atoms with Crippen LogP contribution < -0.4 is 5.73 Å². The van der Waals surface area contributed by atoms with Crippen LogP contribution in [0.4, 0.5) is 0 Å². The number of likely N-dealkylation sites (tertiary alicyclic amines) is 1. The first kappa shape index (κ1) is 24.2. The molecule has 1 unspecified atom stereocenters. The fourth-order valence-corrected chi connectivity index (χ4v) is 5.79. The Morgan fingerprint density at radius 1 is 0.941 bits per heavy atom. The standard InChI is InChI=1S/C29H31ClN2O2/c1-32(19-8-13-27(33)22-14-16-26(30)17-15-22)20-18-25(21-32)29(28(31)34,23-9-4-2-5-10-23)24-11-6-3-7-12-24/h2-7,9-12,14-17,25H,8,13,18-21H2,1H3,(H-,31,34)/p+1/t25-,32?/m1/s1. The van der Waals surface area contributed by atoms with E-state index in [0.29, 0.717) is 17.0 Å². The van der Waals surface area contributed by atoms with E-state index in [1.807, 2.05) is 60.7 Å². The topological polar surface area (TPSA) is 60.2 Å². The molecular formula is C29H32ClN2O2+. The molecule has 34 heavy (non-hydrogen) atoms. The van der Waals surface area contributed by atoms with E-state index in [1.165, 1.54) is 0 Å². The molecule has 0 aromatic heterocycles. The maximum atomic E-state index is 13.3. The molecule has 4 nitrogen and oxygen atoms in total. The van der Waals surface area contributed by atoms with Gasteiger partial charge in [0.15, 0.2) is 5.78 Å². The minimum absolute atomic E-state index is 0.0757. The fraction of sp³-hybridized carbons (Fsp3) is 0.310. The third kappa shape index (κ3) is 4.79. The van der Waals surface area contributed by atoms with Crippen LogP contribution in [-0.2, 0) is 10.2 Å². The third-order valence-electron chi connectivity index (χ3n) is 7.41.